The number of aryl methyl sites for hydroxylation is 1. The van der Waals surface area contributed by atoms with Crippen LogP contribution >= 0.6 is 15.9 Å². The number of anilines is 1. The molecule has 15 heavy (non-hydrogen) atoms. The quantitative estimate of drug-likeness (QED) is 0.849. The summed E-state index contributed by atoms with van der Waals surface area (Å²) in [5.74, 6) is 0. The standard InChI is InChI=1S/C10H12BrN3O/c11-8-6-14(5-3-1-2-4-12)7-9(13)10(8)15/h6-7H,1-3,5,13H2. The van der Waals surface area contributed by atoms with Gasteiger partial charge in [-0.25, -0.2) is 0 Å². The van der Waals surface area contributed by atoms with E-state index in [9.17, 15) is 4.79 Å². The molecule has 0 atom stereocenters. The maximum atomic E-state index is 11.3. The molecule has 1 aromatic heterocycles. The Morgan fingerprint density at radius 3 is 2.80 bits per heavy atom. The summed E-state index contributed by atoms with van der Waals surface area (Å²) in [4.78, 5) is 11.3. The molecule has 4 nitrogen and oxygen atoms in total. The second-order valence-electron chi connectivity index (χ2n) is 3.24. The monoisotopic (exact) mass is 269 g/mol. The van der Waals surface area contributed by atoms with Crippen molar-refractivity contribution in [3.63, 3.8) is 0 Å². The predicted octanol–water partition coefficient (Wildman–Crippen LogP) is 1.89. The van der Waals surface area contributed by atoms with Crippen LogP contribution in [0.1, 0.15) is 19.3 Å². The second-order valence-corrected chi connectivity index (χ2v) is 4.10. The molecule has 2 N–H and O–H groups in total. The van der Waals surface area contributed by atoms with Gasteiger partial charge < -0.3 is 10.3 Å². The molecule has 5 heteroatoms. The molecule has 80 valence electrons. The molecule has 0 aliphatic rings. The lowest BCUT2D eigenvalue weighted by molar-refractivity contribution is 0.612. The van der Waals surface area contributed by atoms with E-state index < -0.39 is 0 Å². The predicted molar refractivity (Wildman–Crippen MR) is 62.3 cm³/mol. The largest absolute Gasteiger partial charge is 0.394 e. The van der Waals surface area contributed by atoms with Gasteiger partial charge in [0.15, 0.2) is 0 Å². The number of rotatable bonds is 4. The maximum absolute atomic E-state index is 11.3. The molecule has 0 spiro atoms. The second kappa shape index (κ2) is 5.56. The Morgan fingerprint density at radius 1 is 1.47 bits per heavy atom. The number of unbranched alkanes of at least 4 members (excludes halogenated alkanes) is 2. The van der Waals surface area contributed by atoms with Crippen molar-refractivity contribution in [2.45, 2.75) is 25.8 Å². The van der Waals surface area contributed by atoms with Crippen molar-refractivity contribution in [3.8, 4) is 6.07 Å². The molecule has 0 saturated carbocycles. The summed E-state index contributed by atoms with van der Waals surface area (Å²) in [5.41, 5.74) is 5.60. The van der Waals surface area contributed by atoms with Gasteiger partial charge in [-0.3, -0.25) is 4.79 Å². The summed E-state index contributed by atoms with van der Waals surface area (Å²) in [6, 6.07) is 2.09. The third-order valence-electron chi connectivity index (χ3n) is 2.02. The van der Waals surface area contributed by atoms with Crippen molar-refractivity contribution < 1.29 is 0 Å². The number of nitrogen functional groups attached to an aromatic ring is 1. The van der Waals surface area contributed by atoms with Crippen LogP contribution in [0.2, 0.25) is 0 Å². The van der Waals surface area contributed by atoms with Crippen molar-refractivity contribution in [3.05, 3.63) is 27.1 Å². The topological polar surface area (TPSA) is 71.8 Å². The average Bonchev–Trinajstić information content (AvgIpc) is 2.21. The molecule has 1 aromatic rings. The van der Waals surface area contributed by atoms with Crippen LogP contribution in [0.15, 0.2) is 21.7 Å². The Bertz CT molecular complexity index is 407. The summed E-state index contributed by atoms with van der Waals surface area (Å²) in [6.07, 6.45) is 5.67. The van der Waals surface area contributed by atoms with E-state index in [1.54, 1.807) is 12.4 Å². The Hall–Kier alpha value is -1.28. The van der Waals surface area contributed by atoms with E-state index in [1.165, 1.54) is 0 Å². The number of hydrogen-bond acceptors (Lipinski definition) is 3. The number of nitriles is 1. The third kappa shape index (κ3) is 3.40. The zero-order valence-corrected chi connectivity index (χ0v) is 9.83. The van der Waals surface area contributed by atoms with Crippen LogP contribution in [0.3, 0.4) is 0 Å². The van der Waals surface area contributed by atoms with Crippen LogP contribution in [0.25, 0.3) is 0 Å². The number of aromatic nitrogens is 1. The number of nitrogens with two attached hydrogens (primary N) is 1. The van der Waals surface area contributed by atoms with Gasteiger partial charge in [-0.05, 0) is 28.8 Å². The summed E-state index contributed by atoms with van der Waals surface area (Å²) >= 11 is 3.15. The van der Waals surface area contributed by atoms with Gasteiger partial charge in [-0.1, -0.05) is 0 Å². The highest BCUT2D eigenvalue weighted by Gasteiger charge is 2.01. The first-order valence-corrected chi connectivity index (χ1v) is 5.46. The summed E-state index contributed by atoms with van der Waals surface area (Å²) in [6.45, 7) is 0.769. The Labute approximate surface area is 96.4 Å². The van der Waals surface area contributed by atoms with Crippen LogP contribution in [0, 0.1) is 11.3 Å². The zero-order valence-electron chi connectivity index (χ0n) is 8.24. The molecule has 0 aliphatic heterocycles. The molecule has 0 fully saturated rings. The first kappa shape index (κ1) is 11.8. The molecule has 0 aliphatic carbocycles. The lowest BCUT2D eigenvalue weighted by Crippen LogP contribution is -2.13. The SMILES string of the molecule is N#CCCCCn1cc(N)c(=O)c(Br)c1. The molecule has 0 unspecified atom stereocenters. The van der Waals surface area contributed by atoms with E-state index >= 15 is 0 Å². The average molecular weight is 270 g/mol. The first-order chi connectivity index (χ1) is 7.15. The fourth-order valence-corrected chi connectivity index (χ4v) is 1.74. The Morgan fingerprint density at radius 2 is 2.20 bits per heavy atom. The number of hydrogen-bond donors (Lipinski definition) is 1. The van der Waals surface area contributed by atoms with Crippen LogP contribution in [0.4, 0.5) is 5.69 Å². The van der Waals surface area contributed by atoms with Gasteiger partial charge in [0.25, 0.3) is 0 Å². The zero-order chi connectivity index (χ0) is 11.3. The van der Waals surface area contributed by atoms with Crippen molar-refractivity contribution in [1.82, 2.24) is 4.57 Å². The van der Waals surface area contributed by atoms with Crippen LogP contribution < -0.4 is 11.2 Å². The third-order valence-corrected chi connectivity index (χ3v) is 2.58. The van der Waals surface area contributed by atoms with Crippen LogP contribution in [-0.2, 0) is 6.54 Å². The van der Waals surface area contributed by atoms with Gasteiger partial charge in [0, 0.05) is 25.4 Å². The molecule has 0 radical (unpaired) electrons. The lowest BCUT2D eigenvalue weighted by atomic mass is 10.2. The summed E-state index contributed by atoms with van der Waals surface area (Å²) < 4.78 is 2.33. The maximum Gasteiger partial charge on any atom is 0.218 e. The van der Waals surface area contributed by atoms with E-state index in [-0.39, 0.29) is 11.1 Å². The Balaban J connectivity index is 2.64. The van der Waals surface area contributed by atoms with Crippen LogP contribution in [-0.4, -0.2) is 4.57 Å². The molecular formula is C10H12BrN3O. The van der Waals surface area contributed by atoms with E-state index in [1.807, 2.05) is 4.57 Å². The van der Waals surface area contributed by atoms with Gasteiger partial charge in [0.1, 0.15) is 0 Å². The minimum Gasteiger partial charge on any atom is -0.394 e. The van der Waals surface area contributed by atoms with E-state index in [0.29, 0.717) is 10.9 Å². The normalized spacial score (nSPS) is 9.87. The highest BCUT2D eigenvalue weighted by atomic mass is 79.9. The summed E-state index contributed by atoms with van der Waals surface area (Å²) in [7, 11) is 0. The molecule has 0 amide bonds. The van der Waals surface area contributed by atoms with Gasteiger partial charge in [0.2, 0.25) is 5.43 Å². The fraction of sp³-hybridized carbons (Fsp3) is 0.400. The van der Waals surface area contributed by atoms with E-state index in [4.69, 9.17) is 11.0 Å². The van der Waals surface area contributed by atoms with E-state index in [2.05, 4.69) is 22.0 Å². The van der Waals surface area contributed by atoms with Crippen LogP contribution in [0.5, 0.6) is 0 Å². The van der Waals surface area contributed by atoms with E-state index in [0.717, 1.165) is 19.4 Å². The van der Waals surface area contributed by atoms with Gasteiger partial charge in [-0.2, -0.15) is 5.26 Å². The summed E-state index contributed by atoms with van der Waals surface area (Å²) in [5, 5.41) is 8.36. The van der Waals surface area contributed by atoms with Gasteiger partial charge in [0.05, 0.1) is 16.2 Å². The molecule has 1 rings (SSSR count). The fourth-order valence-electron chi connectivity index (χ4n) is 1.24. The minimum absolute atomic E-state index is 0.178. The van der Waals surface area contributed by atoms with Crippen molar-refractivity contribution >= 4 is 21.6 Å². The van der Waals surface area contributed by atoms with Crippen molar-refractivity contribution in [1.29, 1.82) is 5.26 Å². The molecule has 1 heterocycles. The molecular weight excluding hydrogens is 258 g/mol. The molecule has 0 bridgehead atoms. The lowest BCUT2D eigenvalue weighted by Gasteiger charge is -2.06. The Kier molecular flexibility index (Phi) is 4.37. The molecule has 0 aromatic carbocycles. The van der Waals surface area contributed by atoms with Crippen molar-refractivity contribution in [2.24, 2.45) is 0 Å². The number of pyridine rings is 1. The highest BCUT2D eigenvalue weighted by molar-refractivity contribution is 9.10. The minimum atomic E-state index is -0.178. The van der Waals surface area contributed by atoms with Gasteiger partial charge >= 0.3 is 0 Å². The van der Waals surface area contributed by atoms with Crippen molar-refractivity contribution in [2.75, 3.05) is 5.73 Å². The highest BCUT2D eigenvalue weighted by Crippen LogP contribution is 2.07. The first-order valence-electron chi connectivity index (χ1n) is 4.67. The van der Waals surface area contributed by atoms with Gasteiger partial charge in [-0.15, -0.1) is 0 Å². The molecule has 0 saturated heterocycles. The smallest absolute Gasteiger partial charge is 0.218 e. The number of halogens is 1. The number of nitrogens with zero attached hydrogens (tertiary/aromatic N) is 2.